The summed E-state index contributed by atoms with van der Waals surface area (Å²) in [7, 11) is 0. The molecule has 0 fully saturated rings. The van der Waals surface area contributed by atoms with Gasteiger partial charge in [-0.3, -0.25) is 4.79 Å². The molecule has 0 bridgehead atoms. The van der Waals surface area contributed by atoms with Gasteiger partial charge < -0.3 is 9.88 Å². The number of nitrogens with zero attached hydrogens (tertiary/aromatic N) is 1. The van der Waals surface area contributed by atoms with Crippen molar-refractivity contribution in [3.05, 3.63) is 51.1 Å². The molecule has 3 nitrogen and oxygen atoms in total. The maximum Gasteiger partial charge on any atom is 0.250 e. The van der Waals surface area contributed by atoms with Crippen LogP contribution in [0.3, 0.4) is 0 Å². The van der Waals surface area contributed by atoms with Crippen molar-refractivity contribution in [2.45, 2.75) is 39.8 Å². The maximum absolute atomic E-state index is 11.7. The minimum Gasteiger partial charge on any atom is -0.376 e. The van der Waals surface area contributed by atoms with Crippen molar-refractivity contribution < 1.29 is 0 Å². The minimum absolute atomic E-state index is 0.0645. The number of nitrogens with one attached hydrogen (secondary N) is 1. The van der Waals surface area contributed by atoms with E-state index in [1.54, 1.807) is 22.0 Å². The first-order valence-corrected chi connectivity index (χ1v) is 8.00. The molecule has 4 heteroatoms. The third kappa shape index (κ3) is 3.51. The second kappa shape index (κ2) is 6.75. The topological polar surface area (TPSA) is 34.0 Å². The van der Waals surface area contributed by atoms with Gasteiger partial charge in [0.1, 0.15) is 0 Å². The van der Waals surface area contributed by atoms with Gasteiger partial charge in [0.2, 0.25) is 0 Å². The number of rotatable bonds is 6. The summed E-state index contributed by atoms with van der Waals surface area (Å²) < 4.78 is 1.77. The lowest BCUT2D eigenvalue weighted by atomic mass is 10.0. The molecule has 0 saturated carbocycles. The molecule has 2 aromatic heterocycles. The first kappa shape index (κ1) is 14.9. The van der Waals surface area contributed by atoms with E-state index in [9.17, 15) is 4.79 Å². The van der Waals surface area contributed by atoms with Gasteiger partial charge in [-0.1, -0.05) is 26.8 Å². The van der Waals surface area contributed by atoms with Gasteiger partial charge in [-0.15, -0.1) is 11.3 Å². The Morgan fingerprint density at radius 3 is 2.70 bits per heavy atom. The molecule has 1 N–H and O–H groups in total. The van der Waals surface area contributed by atoms with Crippen LogP contribution in [0.1, 0.15) is 38.1 Å². The van der Waals surface area contributed by atoms with Crippen LogP contribution in [0.5, 0.6) is 0 Å². The summed E-state index contributed by atoms with van der Waals surface area (Å²) >= 11 is 1.77. The van der Waals surface area contributed by atoms with E-state index in [0.717, 1.165) is 18.7 Å². The molecular formula is C16H22N2OS. The maximum atomic E-state index is 11.7. The lowest BCUT2D eigenvalue weighted by Crippen LogP contribution is -2.21. The molecule has 0 saturated heterocycles. The Bertz CT molecular complexity index is 587. The summed E-state index contributed by atoms with van der Waals surface area (Å²) in [6, 6.07) is 8.03. The van der Waals surface area contributed by atoms with Gasteiger partial charge in [-0.25, -0.2) is 0 Å². The number of hydrogen-bond donors (Lipinski definition) is 1. The molecule has 20 heavy (non-hydrogen) atoms. The van der Waals surface area contributed by atoms with Crippen LogP contribution in [0.15, 0.2) is 40.6 Å². The highest BCUT2D eigenvalue weighted by Gasteiger charge is 2.16. The zero-order valence-corrected chi connectivity index (χ0v) is 13.1. The van der Waals surface area contributed by atoms with Gasteiger partial charge in [0, 0.05) is 23.7 Å². The van der Waals surface area contributed by atoms with Gasteiger partial charge in [-0.05, 0) is 29.9 Å². The van der Waals surface area contributed by atoms with Crippen LogP contribution in [0.25, 0.3) is 0 Å². The molecule has 0 radical (unpaired) electrons. The molecule has 0 aliphatic heterocycles. The zero-order chi connectivity index (χ0) is 14.5. The van der Waals surface area contributed by atoms with Crippen molar-refractivity contribution in [1.82, 2.24) is 4.57 Å². The van der Waals surface area contributed by atoms with Crippen LogP contribution < -0.4 is 10.9 Å². The molecule has 0 aliphatic rings. The molecule has 108 valence electrons. The van der Waals surface area contributed by atoms with E-state index < -0.39 is 0 Å². The van der Waals surface area contributed by atoms with Crippen molar-refractivity contribution >= 4 is 17.0 Å². The quantitative estimate of drug-likeness (QED) is 0.868. The van der Waals surface area contributed by atoms with Crippen LogP contribution in [0.4, 0.5) is 5.69 Å². The number of pyridine rings is 1. The Hall–Kier alpha value is -1.55. The van der Waals surface area contributed by atoms with E-state index >= 15 is 0 Å². The lowest BCUT2D eigenvalue weighted by molar-refractivity contribution is 0.552. The van der Waals surface area contributed by atoms with Crippen molar-refractivity contribution in [1.29, 1.82) is 0 Å². The highest BCUT2D eigenvalue weighted by Crippen LogP contribution is 2.29. The summed E-state index contributed by atoms with van der Waals surface area (Å²) in [4.78, 5) is 13.1. The SMILES string of the molecule is CCCn1cc(NC(c2cccs2)C(C)C)ccc1=O. The average Bonchev–Trinajstić information content (AvgIpc) is 2.93. The molecule has 2 aromatic rings. The number of thiophene rings is 1. The van der Waals surface area contributed by atoms with Crippen molar-refractivity contribution in [3.63, 3.8) is 0 Å². The predicted molar refractivity (Wildman–Crippen MR) is 86.5 cm³/mol. The Morgan fingerprint density at radius 2 is 2.10 bits per heavy atom. The van der Waals surface area contributed by atoms with Crippen molar-refractivity contribution in [2.24, 2.45) is 5.92 Å². The first-order valence-electron chi connectivity index (χ1n) is 7.12. The standard InChI is InChI=1S/C16H22N2OS/c1-4-9-18-11-13(7-8-15(18)19)17-16(12(2)3)14-6-5-10-20-14/h5-8,10-12,16-17H,4,9H2,1-3H3. The van der Waals surface area contributed by atoms with Gasteiger partial charge in [0.15, 0.2) is 0 Å². The van der Waals surface area contributed by atoms with Crippen LogP contribution >= 0.6 is 11.3 Å². The van der Waals surface area contributed by atoms with Gasteiger partial charge in [0.05, 0.1) is 11.7 Å². The second-order valence-corrected chi connectivity index (χ2v) is 6.31. The summed E-state index contributed by atoms with van der Waals surface area (Å²) in [6.07, 6.45) is 2.89. The van der Waals surface area contributed by atoms with E-state index in [-0.39, 0.29) is 11.6 Å². The fourth-order valence-corrected chi connectivity index (χ4v) is 3.20. The lowest BCUT2D eigenvalue weighted by Gasteiger charge is -2.23. The Balaban J connectivity index is 2.23. The van der Waals surface area contributed by atoms with E-state index in [1.165, 1.54) is 4.88 Å². The molecule has 1 atom stereocenters. The molecule has 2 rings (SSSR count). The molecule has 0 spiro atoms. The third-order valence-corrected chi connectivity index (χ3v) is 4.24. The number of hydrogen-bond acceptors (Lipinski definition) is 3. The Kier molecular flexibility index (Phi) is 5.01. The van der Waals surface area contributed by atoms with Gasteiger partial charge in [-0.2, -0.15) is 0 Å². The largest absolute Gasteiger partial charge is 0.376 e. The average molecular weight is 290 g/mol. The highest BCUT2D eigenvalue weighted by atomic mass is 32.1. The Morgan fingerprint density at radius 1 is 1.30 bits per heavy atom. The van der Waals surface area contributed by atoms with Gasteiger partial charge in [0.25, 0.3) is 5.56 Å². The number of anilines is 1. The highest BCUT2D eigenvalue weighted by molar-refractivity contribution is 7.10. The summed E-state index contributed by atoms with van der Waals surface area (Å²) in [5.74, 6) is 0.486. The second-order valence-electron chi connectivity index (χ2n) is 5.33. The molecule has 2 heterocycles. The summed E-state index contributed by atoms with van der Waals surface area (Å²) in [5.41, 5.74) is 1.07. The number of aryl methyl sites for hydroxylation is 1. The van der Waals surface area contributed by atoms with Crippen LogP contribution in [-0.4, -0.2) is 4.57 Å². The third-order valence-electron chi connectivity index (χ3n) is 3.29. The Labute approximate surface area is 124 Å². The summed E-state index contributed by atoms with van der Waals surface area (Å²) in [5, 5.41) is 5.66. The fourth-order valence-electron chi connectivity index (χ4n) is 2.25. The van der Waals surface area contributed by atoms with Crippen LogP contribution in [-0.2, 0) is 6.54 Å². The summed E-state index contributed by atoms with van der Waals surface area (Å²) in [6.45, 7) is 7.26. The predicted octanol–water partition coefficient (Wildman–Crippen LogP) is 4.13. The minimum atomic E-state index is 0.0645. The molecular weight excluding hydrogens is 268 g/mol. The number of aromatic nitrogens is 1. The zero-order valence-electron chi connectivity index (χ0n) is 12.3. The van der Waals surface area contributed by atoms with E-state index in [1.807, 2.05) is 12.3 Å². The molecule has 0 aromatic carbocycles. The monoisotopic (exact) mass is 290 g/mol. The van der Waals surface area contributed by atoms with Crippen LogP contribution in [0, 0.1) is 5.92 Å². The fraction of sp³-hybridized carbons (Fsp3) is 0.438. The molecule has 1 unspecified atom stereocenters. The van der Waals surface area contributed by atoms with Crippen molar-refractivity contribution in [2.75, 3.05) is 5.32 Å². The normalized spacial score (nSPS) is 12.6. The van der Waals surface area contributed by atoms with Crippen LogP contribution in [0.2, 0.25) is 0 Å². The molecule has 0 amide bonds. The van der Waals surface area contributed by atoms with Crippen molar-refractivity contribution in [3.8, 4) is 0 Å². The van der Waals surface area contributed by atoms with E-state index in [2.05, 4.69) is 43.6 Å². The first-order chi connectivity index (χ1) is 9.61. The van der Waals surface area contributed by atoms with E-state index in [4.69, 9.17) is 0 Å². The molecule has 0 aliphatic carbocycles. The van der Waals surface area contributed by atoms with Gasteiger partial charge >= 0.3 is 0 Å². The smallest absolute Gasteiger partial charge is 0.250 e. The van der Waals surface area contributed by atoms with E-state index in [0.29, 0.717) is 5.92 Å².